The van der Waals surface area contributed by atoms with Gasteiger partial charge in [-0.2, -0.15) is 0 Å². The summed E-state index contributed by atoms with van der Waals surface area (Å²) in [5, 5.41) is 5.54. The van der Waals surface area contributed by atoms with Crippen molar-refractivity contribution in [1.82, 2.24) is 15.3 Å². The first-order valence-corrected chi connectivity index (χ1v) is 10.7. The predicted molar refractivity (Wildman–Crippen MR) is 126 cm³/mol. The molecule has 0 radical (unpaired) electrons. The van der Waals surface area contributed by atoms with Gasteiger partial charge in [0.05, 0.1) is 11.2 Å². The van der Waals surface area contributed by atoms with Crippen LogP contribution >= 0.6 is 11.6 Å². The van der Waals surface area contributed by atoms with E-state index in [0.29, 0.717) is 29.4 Å². The Morgan fingerprint density at radius 2 is 1.72 bits per heavy atom. The van der Waals surface area contributed by atoms with Gasteiger partial charge in [0.2, 0.25) is 0 Å². The molecule has 5 aromatic rings. The number of para-hydroxylation sites is 1. The van der Waals surface area contributed by atoms with Crippen molar-refractivity contribution < 1.29 is 9.18 Å². The lowest BCUT2D eigenvalue weighted by molar-refractivity contribution is 0.0949. The van der Waals surface area contributed by atoms with Gasteiger partial charge in [0.1, 0.15) is 11.5 Å². The third-order valence-corrected chi connectivity index (χ3v) is 5.71. The summed E-state index contributed by atoms with van der Waals surface area (Å²) in [6, 6.07) is 23.4. The van der Waals surface area contributed by atoms with E-state index in [-0.39, 0.29) is 11.7 Å². The number of H-pyrrole nitrogens is 1. The number of aromatic nitrogens is 2. The van der Waals surface area contributed by atoms with E-state index in [4.69, 9.17) is 11.6 Å². The van der Waals surface area contributed by atoms with Gasteiger partial charge in [0, 0.05) is 33.4 Å². The molecule has 0 fully saturated rings. The molecule has 6 heteroatoms. The summed E-state index contributed by atoms with van der Waals surface area (Å²) < 4.78 is 13.5. The van der Waals surface area contributed by atoms with Gasteiger partial charge in [-0.1, -0.05) is 41.9 Å². The Morgan fingerprint density at radius 3 is 2.50 bits per heavy atom. The lowest BCUT2D eigenvalue weighted by Crippen LogP contribution is -2.26. The first kappa shape index (κ1) is 20.2. The number of carbonyl (C=O) groups is 1. The molecule has 0 aliphatic heterocycles. The molecule has 158 valence electrons. The minimum absolute atomic E-state index is 0.255. The van der Waals surface area contributed by atoms with Crippen LogP contribution < -0.4 is 5.32 Å². The summed E-state index contributed by atoms with van der Waals surface area (Å²) in [5.41, 5.74) is 4.52. The Labute approximate surface area is 189 Å². The van der Waals surface area contributed by atoms with Crippen LogP contribution in [0.4, 0.5) is 4.39 Å². The first-order valence-electron chi connectivity index (χ1n) is 10.3. The van der Waals surface area contributed by atoms with E-state index in [1.165, 1.54) is 12.1 Å². The minimum Gasteiger partial charge on any atom is -0.353 e. The molecule has 4 nitrogen and oxygen atoms in total. The van der Waals surface area contributed by atoms with Gasteiger partial charge in [-0.05, 0) is 60.5 Å². The fraction of sp³-hybridized carbons (Fsp3) is 0.0769. The molecular formula is C26H19ClFN3O. The number of fused-ring (bicyclic) bond motifs is 3. The smallest absolute Gasteiger partial charge is 0.269 e. The van der Waals surface area contributed by atoms with Crippen LogP contribution in [0.25, 0.3) is 33.1 Å². The van der Waals surface area contributed by atoms with Crippen molar-refractivity contribution in [2.24, 2.45) is 0 Å². The predicted octanol–water partition coefficient (Wildman–Crippen LogP) is 6.15. The second kappa shape index (κ2) is 8.44. The van der Waals surface area contributed by atoms with Crippen molar-refractivity contribution >= 4 is 39.3 Å². The highest BCUT2D eigenvalue weighted by atomic mass is 35.5. The Morgan fingerprint density at radius 1 is 0.969 bits per heavy atom. The molecule has 0 atom stereocenters. The van der Waals surface area contributed by atoms with Crippen LogP contribution in [0.15, 0.2) is 78.9 Å². The van der Waals surface area contributed by atoms with E-state index in [9.17, 15) is 9.18 Å². The molecule has 3 aromatic carbocycles. The lowest BCUT2D eigenvalue weighted by atomic mass is 10.1. The van der Waals surface area contributed by atoms with Crippen LogP contribution in [0.5, 0.6) is 0 Å². The lowest BCUT2D eigenvalue weighted by Gasteiger charge is -2.09. The number of halogens is 2. The molecule has 32 heavy (non-hydrogen) atoms. The van der Waals surface area contributed by atoms with Crippen LogP contribution in [0.2, 0.25) is 5.02 Å². The van der Waals surface area contributed by atoms with Gasteiger partial charge in [0.15, 0.2) is 0 Å². The zero-order valence-electron chi connectivity index (χ0n) is 17.0. The standard InChI is InChI=1S/C26H19ClFN3O/c27-18-9-5-16(6-10-18)13-14-29-26(32)23-15-21-20-3-1-2-4-22(20)30-25(21)24(31-23)17-7-11-19(28)12-8-17/h1-12,15,30H,13-14H2,(H,29,32). The van der Waals surface area contributed by atoms with Crippen LogP contribution in [-0.2, 0) is 6.42 Å². The number of hydrogen-bond acceptors (Lipinski definition) is 2. The fourth-order valence-corrected chi connectivity index (χ4v) is 3.97. The number of pyridine rings is 1. The highest BCUT2D eigenvalue weighted by molar-refractivity contribution is 6.30. The maximum atomic E-state index is 13.5. The van der Waals surface area contributed by atoms with E-state index >= 15 is 0 Å². The molecule has 0 bridgehead atoms. The van der Waals surface area contributed by atoms with E-state index in [1.54, 1.807) is 18.2 Å². The van der Waals surface area contributed by atoms with E-state index in [2.05, 4.69) is 15.3 Å². The summed E-state index contributed by atoms with van der Waals surface area (Å²) in [4.78, 5) is 21.0. The molecule has 0 aliphatic rings. The van der Waals surface area contributed by atoms with Gasteiger partial charge in [0.25, 0.3) is 5.91 Å². The Hall–Kier alpha value is -3.70. The second-order valence-corrected chi connectivity index (χ2v) is 8.02. The number of carbonyl (C=O) groups excluding carboxylic acids is 1. The average Bonchev–Trinajstić information content (AvgIpc) is 3.19. The molecule has 0 unspecified atom stereocenters. The highest BCUT2D eigenvalue weighted by Crippen LogP contribution is 2.32. The van der Waals surface area contributed by atoms with Gasteiger partial charge in [-0.25, -0.2) is 9.37 Å². The summed E-state index contributed by atoms with van der Waals surface area (Å²) in [5.74, 6) is -0.577. The van der Waals surface area contributed by atoms with Crippen LogP contribution in [0, 0.1) is 5.82 Å². The van der Waals surface area contributed by atoms with Gasteiger partial charge < -0.3 is 10.3 Å². The highest BCUT2D eigenvalue weighted by Gasteiger charge is 2.17. The average molecular weight is 444 g/mol. The van der Waals surface area contributed by atoms with Gasteiger partial charge in [-0.15, -0.1) is 0 Å². The number of rotatable bonds is 5. The van der Waals surface area contributed by atoms with E-state index in [0.717, 1.165) is 32.9 Å². The Balaban J connectivity index is 1.50. The molecule has 5 rings (SSSR count). The zero-order chi connectivity index (χ0) is 22.1. The SMILES string of the molecule is O=C(NCCc1ccc(Cl)cc1)c1cc2c([nH]c3ccccc32)c(-c2ccc(F)cc2)n1. The van der Waals surface area contributed by atoms with Crippen molar-refractivity contribution in [1.29, 1.82) is 0 Å². The zero-order valence-corrected chi connectivity index (χ0v) is 17.8. The van der Waals surface area contributed by atoms with E-state index < -0.39 is 0 Å². The normalized spacial score (nSPS) is 11.2. The third kappa shape index (κ3) is 3.95. The van der Waals surface area contributed by atoms with Gasteiger partial charge in [-0.3, -0.25) is 4.79 Å². The number of benzene rings is 3. The fourth-order valence-electron chi connectivity index (χ4n) is 3.84. The topological polar surface area (TPSA) is 57.8 Å². The van der Waals surface area contributed by atoms with Crippen molar-refractivity contribution in [3.8, 4) is 11.3 Å². The van der Waals surface area contributed by atoms with Crippen LogP contribution in [0.3, 0.4) is 0 Å². The molecule has 2 aromatic heterocycles. The minimum atomic E-state index is -0.322. The summed E-state index contributed by atoms with van der Waals surface area (Å²) in [6.45, 7) is 0.472. The molecule has 0 spiro atoms. The summed E-state index contributed by atoms with van der Waals surface area (Å²) in [6.07, 6.45) is 0.684. The summed E-state index contributed by atoms with van der Waals surface area (Å²) >= 11 is 5.93. The molecule has 0 saturated carbocycles. The first-order chi connectivity index (χ1) is 15.6. The monoisotopic (exact) mass is 443 g/mol. The maximum Gasteiger partial charge on any atom is 0.269 e. The largest absolute Gasteiger partial charge is 0.353 e. The molecular weight excluding hydrogens is 425 g/mol. The molecule has 2 N–H and O–H groups in total. The number of nitrogens with zero attached hydrogens (tertiary/aromatic N) is 1. The molecule has 0 aliphatic carbocycles. The number of amides is 1. The second-order valence-electron chi connectivity index (χ2n) is 7.59. The van der Waals surface area contributed by atoms with Crippen molar-refractivity contribution in [2.45, 2.75) is 6.42 Å². The number of hydrogen-bond donors (Lipinski definition) is 2. The molecule has 1 amide bonds. The quantitative estimate of drug-likeness (QED) is 0.342. The van der Waals surface area contributed by atoms with Gasteiger partial charge >= 0.3 is 0 Å². The molecule has 0 saturated heterocycles. The van der Waals surface area contributed by atoms with Crippen molar-refractivity contribution in [3.05, 3.63) is 101 Å². The Kier molecular flexibility index (Phi) is 5.33. The van der Waals surface area contributed by atoms with Crippen LogP contribution in [-0.4, -0.2) is 22.4 Å². The molecule has 2 heterocycles. The van der Waals surface area contributed by atoms with Crippen molar-refractivity contribution in [3.63, 3.8) is 0 Å². The Bertz CT molecular complexity index is 1430. The summed E-state index contributed by atoms with van der Waals surface area (Å²) in [7, 11) is 0. The number of nitrogens with one attached hydrogen (secondary N) is 2. The number of aromatic amines is 1. The van der Waals surface area contributed by atoms with Crippen molar-refractivity contribution in [2.75, 3.05) is 6.54 Å². The van der Waals surface area contributed by atoms with E-state index in [1.807, 2.05) is 48.5 Å². The maximum absolute atomic E-state index is 13.5. The third-order valence-electron chi connectivity index (χ3n) is 5.46. The van der Waals surface area contributed by atoms with Crippen LogP contribution in [0.1, 0.15) is 16.1 Å².